The van der Waals surface area contributed by atoms with Crippen LogP contribution in [0.4, 0.5) is 0 Å². The SMILES string of the molecule is C=C(C=O)[C@@H]1CC[C@@H]2[C@@H](C1)C(=O)[C@@H](O)[C@@H]1[C@](C)(COC(C)=O)[C@@H](O)CC[C@]12C. The second-order valence-electron chi connectivity index (χ2n) is 9.59. The summed E-state index contributed by atoms with van der Waals surface area (Å²) in [5.74, 6) is -1.38. The molecule has 0 unspecified atom stereocenters. The normalized spacial score (nSPS) is 45.5. The summed E-state index contributed by atoms with van der Waals surface area (Å²) >= 11 is 0. The predicted molar refractivity (Wildman–Crippen MR) is 102 cm³/mol. The molecule has 0 aromatic heterocycles. The Balaban J connectivity index is 1.96. The second kappa shape index (κ2) is 7.38. The summed E-state index contributed by atoms with van der Waals surface area (Å²) < 4.78 is 5.26. The van der Waals surface area contributed by atoms with Crippen molar-refractivity contribution in [3.63, 3.8) is 0 Å². The molecule has 0 aromatic carbocycles. The lowest BCUT2D eigenvalue weighted by Crippen LogP contribution is -2.67. The summed E-state index contributed by atoms with van der Waals surface area (Å²) in [5.41, 5.74) is -0.714. The van der Waals surface area contributed by atoms with Crippen molar-refractivity contribution in [3.05, 3.63) is 12.2 Å². The molecular formula is C22H32O6. The van der Waals surface area contributed by atoms with Crippen LogP contribution in [0.25, 0.3) is 0 Å². The zero-order chi connectivity index (χ0) is 20.9. The monoisotopic (exact) mass is 392 g/mol. The van der Waals surface area contributed by atoms with Crippen molar-refractivity contribution in [2.75, 3.05) is 6.61 Å². The zero-order valence-electron chi connectivity index (χ0n) is 17.0. The lowest BCUT2D eigenvalue weighted by molar-refractivity contribution is -0.218. The van der Waals surface area contributed by atoms with Gasteiger partial charge in [-0.2, -0.15) is 0 Å². The average molecular weight is 392 g/mol. The number of esters is 1. The molecule has 6 heteroatoms. The van der Waals surface area contributed by atoms with E-state index in [-0.39, 0.29) is 35.6 Å². The molecule has 0 aliphatic heterocycles. The number of ketones is 1. The van der Waals surface area contributed by atoms with Gasteiger partial charge in [-0.1, -0.05) is 20.4 Å². The van der Waals surface area contributed by atoms with E-state index in [4.69, 9.17) is 4.74 Å². The fraction of sp³-hybridized carbons (Fsp3) is 0.773. The average Bonchev–Trinajstić information content (AvgIpc) is 2.67. The van der Waals surface area contributed by atoms with E-state index < -0.39 is 29.5 Å². The molecule has 28 heavy (non-hydrogen) atoms. The molecule has 6 nitrogen and oxygen atoms in total. The molecule has 0 amide bonds. The number of hydrogen-bond acceptors (Lipinski definition) is 6. The van der Waals surface area contributed by atoms with Gasteiger partial charge in [-0.05, 0) is 54.9 Å². The Morgan fingerprint density at radius 3 is 2.57 bits per heavy atom. The van der Waals surface area contributed by atoms with Crippen LogP contribution >= 0.6 is 0 Å². The Bertz CT molecular complexity index is 687. The first-order valence-corrected chi connectivity index (χ1v) is 10.2. The molecule has 3 rings (SSSR count). The van der Waals surface area contributed by atoms with Crippen LogP contribution in [0.1, 0.15) is 52.9 Å². The van der Waals surface area contributed by atoms with Crippen molar-refractivity contribution >= 4 is 18.0 Å². The number of allylic oxidation sites excluding steroid dienone is 1. The lowest BCUT2D eigenvalue weighted by atomic mass is 9.42. The molecule has 3 fully saturated rings. The van der Waals surface area contributed by atoms with Gasteiger partial charge in [0.05, 0.1) is 12.7 Å². The molecule has 8 atom stereocenters. The number of rotatable bonds is 4. The Morgan fingerprint density at radius 1 is 1.29 bits per heavy atom. The molecule has 0 aromatic rings. The van der Waals surface area contributed by atoms with Crippen LogP contribution in [-0.2, 0) is 19.1 Å². The van der Waals surface area contributed by atoms with Crippen LogP contribution in [0, 0.1) is 34.5 Å². The van der Waals surface area contributed by atoms with E-state index in [1.165, 1.54) is 6.92 Å². The second-order valence-corrected chi connectivity index (χ2v) is 9.59. The van der Waals surface area contributed by atoms with Crippen LogP contribution in [0.3, 0.4) is 0 Å². The first-order chi connectivity index (χ1) is 13.1. The van der Waals surface area contributed by atoms with Crippen molar-refractivity contribution in [2.24, 2.45) is 34.5 Å². The maximum atomic E-state index is 13.2. The third-order valence-corrected chi connectivity index (χ3v) is 8.07. The molecule has 0 saturated heterocycles. The molecule has 3 saturated carbocycles. The molecule has 0 heterocycles. The van der Waals surface area contributed by atoms with Gasteiger partial charge in [-0.3, -0.25) is 14.4 Å². The summed E-state index contributed by atoms with van der Waals surface area (Å²) in [6, 6.07) is 0. The van der Waals surface area contributed by atoms with Gasteiger partial charge in [0.2, 0.25) is 0 Å². The van der Waals surface area contributed by atoms with Crippen LogP contribution in [-0.4, -0.2) is 47.1 Å². The number of carbonyl (C=O) groups excluding carboxylic acids is 3. The topological polar surface area (TPSA) is 101 Å². The highest BCUT2D eigenvalue weighted by molar-refractivity contribution is 5.87. The first kappa shape index (κ1) is 21.2. The van der Waals surface area contributed by atoms with Crippen LogP contribution in [0.2, 0.25) is 0 Å². The van der Waals surface area contributed by atoms with E-state index in [2.05, 4.69) is 13.5 Å². The number of carbonyl (C=O) groups is 3. The quantitative estimate of drug-likeness (QED) is 0.431. The number of aldehydes is 1. The summed E-state index contributed by atoms with van der Waals surface area (Å²) in [6.45, 7) is 9.05. The highest BCUT2D eigenvalue weighted by Gasteiger charge is 2.65. The molecule has 3 aliphatic carbocycles. The van der Waals surface area contributed by atoms with Gasteiger partial charge in [-0.25, -0.2) is 0 Å². The number of aliphatic hydroxyl groups excluding tert-OH is 2. The van der Waals surface area contributed by atoms with E-state index in [0.717, 1.165) is 19.1 Å². The first-order valence-electron chi connectivity index (χ1n) is 10.2. The van der Waals surface area contributed by atoms with Crippen LogP contribution in [0.15, 0.2) is 12.2 Å². The Kier molecular flexibility index (Phi) is 5.58. The molecule has 3 aliphatic rings. The van der Waals surface area contributed by atoms with Gasteiger partial charge in [-0.15, -0.1) is 0 Å². The predicted octanol–water partition coefficient (Wildman–Crippen LogP) is 2.06. The number of aliphatic hydroxyl groups is 2. The Morgan fingerprint density at radius 2 is 1.96 bits per heavy atom. The highest BCUT2D eigenvalue weighted by atomic mass is 16.5. The van der Waals surface area contributed by atoms with Crippen molar-refractivity contribution < 1.29 is 29.3 Å². The minimum atomic E-state index is -1.22. The van der Waals surface area contributed by atoms with Crippen molar-refractivity contribution in [1.29, 1.82) is 0 Å². The Hall–Kier alpha value is -1.53. The molecule has 0 radical (unpaired) electrons. The van der Waals surface area contributed by atoms with Gasteiger partial charge in [0.1, 0.15) is 12.4 Å². The van der Waals surface area contributed by atoms with E-state index in [0.29, 0.717) is 24.8 Å². The van der Waals surface area contributed by atoms with Gasteiger partial charge < -0.3 is 14.9 Å². The molecule has 0 bridgehead atoms. The fourth-order valence-electron chi connectivity index (χ4n) is 6.56. The highest BCUT2D eigenvalue weighted by Crippen LogP contribution is 2.63. The lowest BCUT2D eigenvalue weighted by Gasteiger charge is -2.63. The number of hydrogen-bond donors (Lipinski definition) is 2. The molecular weight excluding hydrogens is 360 g/mol. The maximum absolute atomic E-state index is 13.2. The minimum absolute atomic E-state index is 0.0170. The van der Waals surface area contributed by atoms with E-state index in [9.17, 15) is 24.6 Å². The maximum Gasteiger partial charge on any atom is 0.302 e. The van der Waals surface area contributed by atoms with Crippen molar-refractivity contribution in [1.82, 2.24) is 0 Å². The molecule has 2 N–H and O–H groups in total. The van der Waals surface area contributed by atoms with E-state index in [1.807, 2.05) is 6.92 Å². The van der Waals surface area contributed by atoms with Gasteiger partial charge in [0, 0.05) is 24.2 Å². The van der Waals surface area contributed by atoms with Gasteiger partial charge >= 0.3 is 5.97 Å². The smallest absolute Gasteiger partial charge is 0.302 e. The standard InChI is InChI=1S/C22H32O6/c1-12(10-23)14-5-6-16-15(9-14)18(26)19(27)20-21(16,3)8-7-17(25)22(20,4)11-28-13(2)24/h10,14-17,19-20,25,27H,1,5-9,11H2,2-4H3/t14-,15-,16-,17+,19-,20+,21+,22-/m1/s1. The zero-order valence-corrected chi connectivity index (χ0v) is 17.0. The summed E-state index contributed by atoms with van der Waals surface area (Å²) in [7, 11) is 0. The van der Waals surface area contributed by atoms with E-state index in [1.54, 1.807) is 0 Å². The van der Waals surface area contributed by atoms with Crippen LogP contribution < -0.4 is 0 Å². The summed E-state index contributed by atoms with van der Waals surface area (Å²) in [5, 5.41) is 21.9. The van der Waals surface area contributed by atoms with Crippen molar-refractivity contribution in [3.8, 4) is 0 Å². The van der Waals surface area contributed by atoms with Gasteiger partial charge in [0.15, 0.2) is 5.78 Å². The van der Waals surface area contributed by atoms with Gasteiger partial charge in [0.25, 0.3) is 0 Å². The van der Waals surface area contributed by atoms with Crippen molar-refractivity contribution in [2.45, 2.75) is 65.1 Å². The Labute approximate surface area is 166 Å². The third-order valence-electron chi connectivity index (χ3n) is 8.07. The summed E-state index contributed by atoms with van der Waals surface area (Å²) in [4.78, 5) is 35.7. The van der Waals surface area contributed by atoms with E-state index >= 15 is 0 Å². The summed E-state index contributed by atoms with van der Waals surface area (Å²) in [6.07, 6.45) is 2.18. The number of ether oxygens (including phenoxy) is 1. The number of Topliss-reactive ketones (excluding diaryl/α,β-unsaturated/α-hetero) is 1. The molecule has 156 valence electrons. The fourth-order valence-corrected chi connectivity index (χ4v) is 6.56. The number of fused-ring (bicyclic) bond motifs is 3. The van der Waals surface area contributed by atoms with Crippen LogP contribution in [0.5, 0.6) is 0 Å². The largest absolute Gasteiger partial charge is 0.465 e. The minimum Gasteiger partial charge on any atom is -0.465 e. The third kappa shape index (κ3) is 3.14. The molecule has 0 spiro atoms.